The van der Waals surface area contributed by atoms with E-state index in [0.717, 1.165) is 24.9 Å². The third-order valence-electron chi connectivity index (χ3n) is 4.98. The summed E-state index contributed by atoms with van der Waals surface area (Å²) < 4.78 is 27.4. The number of nitrogens with zero attached hydrogens (tertiary/aromatic N) is 2. The molecule has 0 spiro atoms. The number of amides is 1. The molecule has 27 heavy (non-hydrogen) atoms. The van der Waals surface area contributed by atoms with Crippen LogP contribution in [0.15, 0.2) is 42.5 Å². The quantitative estimate of drug-likeness (QED) is 0.748. The molecule has 1 heterocycles. The molecule has 2 aromatic carbocycles. The second-order valence-corrected chi connectivity index (χ2v) is 7.51. The van der Waals surface area contributed by atoms with Crippen LogP contribution in [0.3, 0.4) is 0 Å². The largest absolute Gasteiger partial charge is 0.341 e. The Bertz CT molecular complexity index is 794. The van der Waals surface area contributed by atoms with Crippen LogP contribution in [0.4, 0.5) is 8.78 Å². The summed E-state index contributed by atoms with van der Waals surface area (Å²) in [5, 5.41) is 0.325. The number of hydrogen-bond donors (Lipinski definition) is 0. The number of rotatable bonds is 5. The van der Waals surface area contributed by atoms with E-state index >= 15 is 0 Å². The fraction of sp³-hybridized carbons (Fsp3) is 0.381. The van der Waals surface area contributed by atoms with Crippen LogP contribution in [0.2, 0.25) is 5.02 Å². The smallest absolute Gasteiger partial charge is 0.227 e. The van der Waals surface area contributed by atoms with Crippen LogP contribution in [-0.2, 0) is 17.9 Å². The molecule has 1 fully saturated rings. The highest BCUT2D eigenvalue weighted by molar-refractivity contribution is 6.31. The van der Waals surface area contributed by atoms with Crippen molar-refractivity contribution in [2.45, 2.75) is 25.9 Å². The average molecular weight is 393 g/mol. The Labute approximate surface area is 163 Å². The maximum Gasteiger partial charge on any atom is 0.227 e. The van der Waals surface area contributed by atoms with Gasteiger partial charge in [0.05, 0.1) is 5.92 Å². The third-order valence-corrected chi connectivity index (χ3v) is 5.34. The summed E-state index contributed by atoms with van der Waals surface area (Å²) >= 11 is 6.07. The first-order chi connectivity index (χ1) is 12.9. The van der Waals surface area contributed by atoms with Gasteiger partial charge < -0.3 is 4.90 Å². The minimum Gasteiger partial charge on any atom is -0.341 e. The van der Waals surface area contributed by atoms with Gasteiger partial charge in [-0.3, -0.25) is 9.69 Å². The van der Waals surface area contributed by atoms with Crippen molar-refractivity contribution in [1.29, 1.82) is 0 Å². The molecule has 0 N–H and O–H groups in total. The Kier molecular flexibility index (Phi) is 6.45. The van der Waals surface area contributed by atoms with E-state index < -0.39 is 5.82 Å². The number of likely N-dealkylation sites (tertiary alicyclic amines) is 1. The molecule has 0 radical (unpaired) electrons. The van der Waals surface area contributed by atoms with Gasteiger partial charge in [0.25, 0.3) is 0 Å². The van der Waals surface area contributed by atoms with E-state index in [9.17, 15) is 13.6 Å². The molecule has 0 aliphatic carbocycles. The van der Waals surface area contributed by atoms with Crippen LogP contribution in [0.1, 0.15) is 24.0 Å². The Morgan fingerprint density at radius 3 is 2.78 bits per heavy atom. The summed E-state index contributed by atoms with van der Waals surface area (Å²) in [6, 6.07) is 11.1. The van der Waals surface area contributed by atoms with Crippen LogP contribution in [0.25, 0.3) is 0 Å². The highest BCUT2D eigenvalue weighted by Gasteiger charge is 2.28. The van der Waals surface area contributed by atoms with Gasteiger partial charge in [0.2, 0.25) is 5.91 Å². The first kappa shape index (κ1) is 19.8. The molecule has 0 saturated carbocycles. The van der Waals surface area contributed by atoms with Crippen molar-refractivity contribution in [3.05, 3.63) is 70.2 Å². The molecule has 144 valence electrons. The second kappa shape index (κ2) is 8.81. The van der Waals surface area contributed by atoms with E-state index in [1.807, 2.05) is 6.07 Å². The number of piperidine rings is 1. The maximum absolute atomic E-state index is 14.0. The Morgan fingerprint density at radius 1 is 1.26 bits per heavy atom. The van der Waals surface area contributed by atoms with Crippen LogP contribution < -0.4 is 0 Å². The van der Waals surface area contributed by atoms with E-state index in [2.05, 4.69) is 4.90 Å². The van der Waals surface area contributed by atoms with Crippen molar-refractivity contribution in [3.8, 4) is 0 Å². The van der Waals surface area contributed by atoms with Gasteiger partial charge in [-0.05, 0) is 49.2 Å². The molecule has 3 nitrogen and oxygen atoms in total. The van der Waals surface area contributed by atoms with Crippen molar-refractivity contribution in [2.24, 2.45) is 5.92 Å². The van der Waals surface area contributed by atoms with Gasteiger partial charge in [-0.1, -0.05) is 29.8 Å². The fourth-order valence-corrected chi connectivity index (χ4v) is 3.83. The highest BCUT2D eigenvalue weighted by atomic mass is 35.5. The Morgan fingerprint density at radius 2 is 2.04 bits per heavy atom. The minimum atomic E-state index is -0.404. The SMILES string of the molecule is CN(Cc1c(F)cccc1Cl)C(=O)C1CCCN(Cc2cccc(F)c2)C1. The highest BCUT2D eigenvalue weighted by Crippen LogP contribution is 2.24. The van der Waals surface area contributed by atoms with Gasteiger partial charge in [0, 0.05) is 37.3 Å². The molecule has 1 saturated heterocycles. The Hall–Kier alpha value is -1.98. The number of benzene rings is 2. The van der Waals surface area contributed by atoms with E-state index in [1.165, 1.54) is 18.2 Å². The van der Waals surface area contributed by atoms with Gasteiger partial charge in [-0.15, -0.1) is 0 Å². The predicted octanol–water partition coefficient (Wildman–Crippen LogP) is 4.49. The van der Waals surface area contributed by atoms with E-state index in [1.54, 1.807) is 30.1 Å². The van der Waals surface area contributed by atoms with E-state index in [-0.39, 0.29) is 24.2 Å². The lowest BCUT2D eigenvalue weighted by molar-refractivity contribution is -0.136. The first-order valence-electron chi connectivity index (χ1n) is 9.08. The summed E-state index contributed by atoms with van der Waals surface area (Å²) in [6.45, 7) is 2.25. The normalized spacial score (nSPS) is 17.7. The van der Waals surface area contributed by atoms with Crippen molar-refractivity contribution >= 4 is 17.5 Å². The van der Waals surface area contributed by atoms with Crippen molar-refractivity contribution in [2.75, 3.05) is 20.1 Å². The zero-order valence-electron chi connectivity index (χ0n) is 15.3. The summed E-state index contributed by atoms with van der Waals surface area (Å²) in [6.07, 6.45) is 1.70. The topological polar surface area (TPSA) is 23.6 Å². The van der Waals surface area contributed by atoms with Crippen LogP contribution >= 0.6 is 11.6 Å². The molecule has 0 aromatic heterocycles. The van der Waals surface area contributed by atoms with Crippen LogP contribution in [-0.4, -0.2) is 35.8 Å². The third kappa shape index (κ3) is 5.05. The van der Waals surface area contributed by atoms with E-state index in [0.29, 0.717) is 23.7 Å². The Balaban J connectivity index is 1.62. The molecule has 1 amide bonds. The zero-order valence-corrected chi connectivity index (χ0v) is 16.1. The first-order valence-corrected chi connectivity index (χ1v) is 9.46. The lowest BCUT2D eigenvalue weighted by atomic mass is 9.96. The van der Waals surface area contributed by atoms with Gasteiger partial charge in [-0.25, -0.2) is 8.78 Å². The maximum atomic E-state index is 14.0. The molecule has 0 bridgehead atoms. The lowest BCUT2D eigenvalue weighted by Gasteiger charge is -2.34. The molecule has 1 atom stereocenters. The molecule has 1 unspecified atom stereocenters. The number of halogens is 3. The van der Waals surface area contributed by atoms with Gasteiger partial charge >= 0.3 is 0 Å². The van der Waals surface area contributed by atoms with Crippen LogP contribution in [0.5, 0.6) is 0 Å². The monoisotopic (exact) mass is 392 g/mol. The zero-order chi connectivity index (χ0) is 19.4. The van der Waals surface area contributed by atoms with Crippen molar-refractivity contribution < 1.29 is 13.6 Å². The van der Waals surface area contributed by atoms with E-state index in [4.69, 9.17) is 11.6 Å². The van der Waals surface area contributed by atoms with Gasteiger partial charge in [0.1, 0.15) is 11.6 Å². The van der Waals surface area contributed by atoms with Crippen molar-refractivity contribution in [1.82, 2.24) is 9.80 Å². The van der Waals surface area contributed by atoms with Crippen molar-refractivity contribution in [3.63, 3.8) is 0 Å². The lowest BCUT2D eigenvalue weighted by Crippen LogP contribution is -2.43. The van der Waals surface area contributed by atoms with Crippen LogP contribution in [0, 0.1) is 17.6 Å². The predicted molar refractivity (Wildman–Crippen MR) is 102 cm³/mol. The molecular formula is C21H23ClF2N2O. The summed E-state index contributed by atoms with van der Waals surface area (Å²) in [4.78, 5) is 16.6. The minimum absolute atomic E-state index is 0.0155. The molecule has 1 aliphatic heterocycles. The number of carbonyl (C=O) groups is 1. The summed E-state index contributed by atoms with van der Waals surface area (Å²) in [7, 11) is 1.68. The number of carbonyl (C=O) groups excluding carboxylic acids is 1. The summed E-state index contributed by atoms with van der Waals surface area (Å²) in [5.41, 5.74) is 1.23. The molecule has 6 heteroatoms. The molecule has 1 aliphatic rings. The number of hydrogen-bond acceptors (Lipinski definition) is 2. The fourth-order valence-electron chi connectivity index (χ4n) is 3.60. The van der Waals surface area contributed by atoms with Gasteiger partial charge in [-0.2, -0.15) is 0 Å². The summed E-state index contributed by atoms with van der Waals surface area (Å²) in [5.74, 6) is -0.821. The van der Waals surface area contributed by atoms with Gasteiger partial charge in [0.15, 0.2) is 0 Å². The molecular weight excluding hydrogens is 370 g/mol. The average Bonchev–Trinajstić information content (AvgIpc) is 2.64. The standard InChI is InChI=1S/C21H23ClF2N2O/c1-25(14-18-19(22)8-3-9-20(18)24)21(27)16-6-4-10-26(13-16)12-15-5-2-7-17(23)11-15/h2-3,5,7-9,11,16H,4,6,10,12-14H2,1H3. The molecule has 2 aromatic rings. The second-order valence-electron chi connectivity index (χ2n) is 7.10. The molecule has 3 rings (SSSR count).